The molecule has 2 N–H and O–H groups in total. The van der Waals surface area contributed by atoms with Gasteiger partial charge in [-0.05, 0) is 46.0 Å². The van der Waals surface area contributed by atoms with Crippen LogP contribution in [0.2, 0.25) is 0 Å². The first-order valence-corrected chi connectivity index (χ1v) is 6.15. The highest BCUT2D eigenvalue weighted by Crippen LogP contribution is 2.38. The molecule has 1 fully saturated rings. The van der Waals surface area contributed by atoms with Crippen molar-refractivity contribution in [2.24, 2.45) is 0 Å². The topological polar surface area (TPSA) is 61.0 Å². The van der Waals surface area contributed by atoms with Crippen LogP contribution in [0.15, 0.2) is 6.07 Å². The molecule has 0 atom stereocenters. The molecule has 0 radical (unpaired) electrons. The van der Waals surface area contributed by atoms with Crippen molar-refractivity contribution in [2.75, 3.05) is 27.2 Å². The van der Waals surface area contributed by atoms with Gasteiger partial charge in [-0.1, -0.05) is 0 Å². The van der Waals surface area contributed by atoms with Gasteiger partial charge in [0.05, 0.1) is 0 Å². The second-order valence-corrected chi connectivity index (χ2v) is 4.90. The summed E-state index contributed by atoms with van der Waals surface area (Å²) in [6.07, 6.45) is 3.39. The molecule has 17 heavy (non-hydrogen) atoms. The zero-order valence-electron chi connectivity index (χ0n) is 10.5. The fraction of sp³-hybridized carbons (Fsp3) is 0.667. The summed E-state index contributed by atoms with van der Waals surface area (Å²) in [4.78, 5) is 13.8. The number of aromatic amines is 1. The average Bonchev–Trinajstić information content (AvgIpc) is 3.02. The number of nitrogens with zero attached hydrogens (tertiary/aromatic N) is 2. The lowest BCUT2D eigenvalue weighted by molar-refractivity contribution is 0.0947. The average molecular weight is 236 g/mol. The SMILES string of the molecule is CN(C)CCCNC(=O)c1cc(C2CC2)[nH]n1. The molecular formula is C12H20N4O. The van der Waals surface area contributed by atoms with E-state index < -0.39 is 0 Å². The first kappa shape index (κ1) is 12.1. The Hall–Kier alpha value is -1.36. The number of rotatable bonds is 6. The van der Waals surface area contributed by atoms with Crippen molar-refractivity contribution in [1.82, 2.24) is 20.4 Å². The summed E-state index contributed by atoms with van der Waals surface area (Å²) in [6, 6.07) is 1.87. The summed E-state index contributed by atoms with van der Waals surface area (Å²) in [7, 11) is 4.05. The molecule has 5 nitrogen and oxygen atoms in total. The maximum atomic E-state index is 11.7. The quantitative estimate of drug-likeness (QED) is 0.723. The molecule has 1 saturated carbocycles. The van der Waals surface area contributed by atoms with Crippen molar-refractivity contribution in [3.05, 3.63) is 17.5 Å². The van der Waals surface area contributed by atoms with E-state index in [1.54, 1.807) is 0 Å². The number of hydrogen-bond donors (Lipinski definition) is 2. The summed E-state index contributed by atoms with van der Waals surface area (Å²) in [6.45, 7) is 1.68. The van der Waals surface area contributed by atoms with Crippen LogP contribution in [0.4, 0.5) is 0 Å². The molecule has 1 heterocycles. The molecule has 0 aliphatic heterocycles. The van der Waals surface area contributed by atoms with Gasteiger partial charge in [0, 0.05) is 18.2 Å². The Bertz CT molecular complexity index is 382. The van der Waals surface area contributed by atoms with Crippen LogP contribution in [-0.4, -0.2) is 48.2 Å². The van der Waals surface area contributed by atoms with Crippen LogP contribution < -0.4 is 5.32 Å². The normalized spacial score (nSPS) is 15.2. The van der Waals surface area contributed by atoms with Crippen LogP contribution in [-0.2, 0) is 0 Å². The van der Waals surface area contributed by atoms with Gasteiger partial charge >= 0.3 is 0 Å². The Morgan fingerprint density at radius 3 is 3.00 bits per heavy atom. The minimum Gasteiger partial charge on any atom is -0.351 e. The number of nitrogens with one attached hydrogen (secondary N) is 2. The van der Waals surface area contributed by atoms with Gasteiger partial charge in [0.25, 0.3) is 5.91 Å². The third kappa shape index (κ3) is 3.56. The summed E-state index contributed by atoms with van der Waals surface area (Å²) in [5, 5.41) is 9.86. The van der Waals surface area contributed by atoms with E-state index in [0.717, 1.165) is 18.7 Å². The van der Waals surface area contributed by atoms with Crippen molar-refractivity contribution >= 4 is 5.91 Å². The predicted octanol–water partition coefficient (Wildman–Crippen LogP) is 0.969. The number of aromatic nitrogens is 2. The fourth-order valence-electron chi connectivity index (χ4n) is 1.74. The van der Waals surface area contributed by atoms with E-state index in [1.165, 1.54) is 12.8 Å². The Morgan fingerprint density at radius 2 is 2.35 bits per heavy atom. The predicted molar refractivity (Wildman–Crippen MR) is 66.1 cm³/mol. The maximum Gasteiger partial charge on any atom is 0.271 e. The van der Waals surface area contributed by atoms with Gasteiger partial charge in [0.15, 0.2) is 0 Å². The van der Waals surface area contributed by atoms with Crippen LogP contribution in [0.25, 0.3) is 0 Å². The first-order valence-electron chi connectivity index (χ1n) is 6.15. The standard InChI is InChI=1S/C12H20N4O/c1-16(2)7-3-6-13-12(17)11-8-10(14-15-11)9-4-5-9/h8-9H,3-7H2,1-2H3,(H,13,17)(H,14,15). The molecule has 1 aliphatic rings. The van der Waals surface area contributed by atoms with E-state index in [4.69, 9.17) is 0 Å². The largest absolute Gasteiger partial charge is 0.351 e. The molecule has 2 rings (SSSR count). The summed E-state index contributed by atoms with van der Waals surface area (Å²) >= 11 is 0. The minimum atomic E-state index is -0.0769. The number of carbonyl (C=O) groups excluding carboxylic acids is 1. The minimum absolute atomic E-state index is 0.0769. The van der Waals surface area contributed by atoms with E-state index in [2.05, 4.69) is 20.4 Å². The molecule has 94 valence electrons. The van der Waals surface area contributed by atoms with Gasteiger partial charge in [0.2, 0.25) is 0 Å². The summed E-state index contributed by atoms with van der Waals surface area (Å²) < 4.78 is 0. The third-order valence-electron chi connectivity index (χ3n) is 2.92. The molecule has 0 bridgehead atoms. The highest BCUT2D eigenvalue weighted by molar-refractivity contribution is 5.92. The Morgan fingerprint density at radius 1 is 1.59 bits per heavy atom. The molecule has 1 aromatic rings. The lowest BCUT2D eigenvalue weighted by Gasteiger charge is -2.08. The van der Waals surface area contributed by atoms with E-state index in [-0.39, 0.29) is 5.91 Å². The maximum absolute atomic E-state index is 11.7. The molecular weight excluding hydrogens is 216 g/mol. The van der Waals surface area contributed by atoms with E-state index >= 15 is 0 Å². The van der Waals surface area contributed by atoms with Gasteiger partial charge in [-0.25, -0.2) is 0 Å². The molecule has 1 aromatic heterocycles. The Kier molecular flexibility index (Phi) is 3.78. The number of carbonyl (C=O) groups is 1. The van der Waals surface area contributed by atoms with Crippen LogP contribution in [0.3, 0.4) is 0 Å². The van der Waals surface area contributed by atoms with Gasteiger partial charge < -0.3 is 10.2 Å². The monoisotopic (exact) mass is 236 g/mol. The van der Waals surface area contributed by atoms with E-state index in [0.29, 0.717) is 18.2 Å². The lowest BCUT2D eigenvalue weighted by atomic mass is 10.2. The summed E-state index contributed by atoms with van der Waals surface area (Å²) in [5.74, 6) is 0.532. The molecule has 0 unspecified atom stereocenters. The highest BCUT2D eigenvalue weighted by atomic mass is 16.1. The first-order chi connectivity index (χ1) is 8.16. The summed E-state index contributed by atoms with van der Waals surface area (Å²) in [5.41, 5.74) is 1.61. The highest BCUT2D eigenvalue weighted by Gasteiger charge is 2.26. The van der Waals surface area contributed by atoms with Crippen molar-refractivity contribution in [3.63, 3.8) is 0 Å². The third-order valence-corrected chi connectivity index (χ3v) is 2.92. The van der Waals surface area contributed by atoms with Crippen molar-refractivity contribution in [1.29, 1.82) is 0 Å². The molecule has 0 saturated heterocycles. The molecule has 0 aromatic carbocycles. The van der Waals surface area contributed by atoms with Crippen molar-refractivity contribution in [2.45, 2.75) is 25.2 Å². The van der Waals surface area contributed by atoms with Crippen molar-refractivity contribution in [3.8, 4) is 0 Å². The molecule has 1 amide bonds. The van der Waals surface area contributed by atoms with E-state index in [9.17, 15) is 4.79 Å². The number of hydrogen-bond acceptors (Lipinski definition) is 3. The number of H-pyrrole nitrogens is 1. The molecule has 1 aliphatic carbocycles. The second kappa shape index (κ2) is 5.31. The Balaban J connectivity index is 1.74. The molecule has 5 heteroatoms. The fourth-order valence-corrected chi connectivity index (χ4v) is 1.74. The molecule has 0 spiro atoms. The van der Waals surface area contributed by atoms with Crippen LogP contribution in [0, 0.1) is 0 Å². The van der Waals surface area contributed by atoms with Gasteiger partial charge in [-0.2, -0.15) is 5.10 Å². The van der Waals surface area contributed by atoms with Crippen LogP contribution in [0.1, 0.15) is 41.4 Å². The van der Waals surface area contributed by atoms with Gasteiger partial charge in [0.1, 0.15) is 5.69 Å². The lowest BCUT2D eigenvalue weighted by Crippen LogP contribution is -2.27. The zero-order valence-corrected chi connectivity index (χ0v) is 10.5. The zero-order chi connectivity index (χ0) is 12.3. The number of amides is 1. The van der Waals surface area contributed by atoms with Crippen LogP contribution >= 0.6 is 0 Å². The van der Waals surface area contributed by atoms with Gasteiger partial charge in [-0.15, -0.1) is 0 Å². The van der Waals surface area contributed by atoms with E-state index in [1.807, 2.05) is 20.2 Å². The Labute approximate surface area is 102 Å². The van der Waals surface area contributed by atoms with Gasteiger partial charge in [-0.3, -0.25) is 9.89 Å². The van der Waals surface area contributed by atoms with Crippen LogP contribution in [0.5, 0.6) is 0 Å². The van der Waals surface area contributed by atoms with Crippen molar-refractivity contribution < 1.29 is 4.79 Å². The smallest absolute Gasteiger partial charge is 0.271 e. The second-order valence-electron chi connectivity index (χ2n) is 4.90.